The first kappa shape index (κ1) is 16.1. The lowest BCUT2D eigenvalue weighted by Gasteiger charge is -2.33. The van der Waals surface area contributed by atoms with Gasteiger partial charge in [0.15, 0.2) is 0 Å². The summed E-state index contributed by atoms with van der Waals surface area (Å²) in [5, 5.41) is 0.762. The van der Waals surface area contributed by atoms with Crippen molar-refractivity contribution in [2.24, 2.45) is 0 Å². The Morgan fingerprint density at radius 1 is 1.22 bits per heavy atom. The van der Waals surface area contributed by atoms with Crippen molar-refractivity contribution in [2.75, 3.05) is 32.7 Å². The van der Waals surface area contributed by atoms with E-state index in [4.69, 9.17) is 0 Å². The van der Waals surface area contributed by atoms with E-state index in [1.165, 1.54) is 23.5 Å². The molecule has 122 valence electrons. The molecule has 1 aliphatic rings. The topological polar surface area (TPSA) is 36.4 Å². The Kier molecular flexibility index (Phi) is 4.73. The minimum Gasteiger partial charge on any atom is -0.335 e. The summed E-state index contributed by atoms with van der Waals surface area (Å²) in [6.07, 6.45) is 0. The standard InChI is InChI=1S/C17H20FN3OS/c1-3-20-8-10-21(11-9-20)17(22)15-12(2)19-16(23-15)13-4-6-14(18)7-5-13/h4-7H,3,8-11H2,1-2H3. The molecule has 0 bridgehead atoms. The lowest BCUT2D eigenvalue weighted by atomic mass is 10.2. The second-order valence-corrected chi connectivity index (χ2v) is 6.67. The van der Waals surface area contributed by atoms with E-state index in [0.29, 0.717) is 4.88 Å². The first-order valence-electron chi connectivity index (χ1n) is 7.83. The minimum absolute atomic E-state index is 0.0594. The fourth-order valence-corrected chi connectivity index (χ4v) is 3.76. The number of amides is 1. The number of benzene rings is 1. The van der Waals surface area contributed by atoms with E-state index in [1.807, 2.05) is 11.8 Å². The van der Waals surface area contributed by atoms with E-state index in [2.05, 4.69) is 16.8 Å². The summed E-state index contributed by atoms with van der Waals surface area (Å²) in [4.78, 5) is 22.2. The van der Waals surface area contributed by atoms with Gasteiger partial charge in [-0.3, -0.25) is 4.79 Å². The number of halogens is 1. The highest BCUT2D eigenvalue weighted by Gasteiger charge is 2.25. The number of carbonyl (C=O) groups excluding carboxylic acids is 1. The average molecular weight is 333 g/mol. The maximum absolute atomic E-state index is 13.0. The molecule has 0 spiro atoms. The Morgan fingerprint density at radius 2 is 1.87 bits per heavy atom. The number of hydrogen-bond donors (Lipinski definition) is 0. The van der Waals surface area contributed by atoms with Gasteiger partial charge in [0, 0.05) is 31.7 Å². The van der Waals surface area contributed by atoms with Gasteiger partial charge < -0.3 is 9.80 Å². The minimum atomic E-state index is -0.271. The third kappa shape index (κ3) is 3.43. The van der Waals surface area contributed by atoms with Gasteiger partial charge in [0.25, 0.3) is 5.91 Å². The number of rotatable bonds is 3. The van der Waals surface area contributed by atoms with Crippen LogP contribution in [0, 0.1) is 12.7 Å². The SMILES string of the molecule is CCN1CCN(C(=O)c2sc(-c3ccc(F)cc3)nc2C)CC1. The third-order valence-corrected chi connectivity index (χ3v) is 5.38. The number of nitrogens with zero attached hydrogens (tertiary/aromatic N) is 3. The molecule has 1 aromatic heterocycles. The van der Waals surface area contributed by atoms with Gasteiger partial charge in [0.05, 0.1) is 5.69 Å². The van der Waals surface area contributed by atoms with Crippen LogP contribution in [0.3, 0.4) is 0 Å². The van der Waals surface area contributed by atoms with Gasteiger partial charge in [0.1, 0.15) is 15.7 Å². The molecule has 2 heterocycles. The molecule has 0 aliphatic carbocycles. The number of thiazole rings is 1. The molecular weight excluding hydrogens is 313 g/mol. The van der Waals surface area contributed by atoms with Crippen LogP contribution in [0.5, 0.6) is 0 Å². The number of hydrogen-bond acceptors (Lipinski definition) is 4. The van der Waals surface area contributed by atoms with Gasteiger partial charge in [-0.05, 0) is 37.7 Å². The lowest BCUT2D eigenvalue weighted by Crippen LogP contribution is -2.48. The maximum atomic E-state index is 13.0. The number of aryl methyl sites for hydroxylation is 1. The predicted octanol–water partition coefficient (Wildman–Crippen LogP) is 3.04. The lowest BCUT2D eigenvalue weighted by molar-refractivity contribution is 0.0647. The maximum Gasteiger partial charge on any atom is 0.265 e. The largest absolute Gasteiger partial charge is 0.335 e. The fraction of sp³-hybridized carbons (Fsp3) is 0.412. The van der Waals surface area contributed by atoms with Gasteiger partial charge in [-0.2, -0.15) is 0 Å². The van der Waals surface area contributed by atoms with E-state index in [-0.39, 0.29) is 11.7 Å². The van der Waals surface area contributed by atoms with Crippen molar-refractivity contribution in [1.82, 2.24) is 14.8 Å². The number of carbonyl (C=O) groups is 1. The highest BCUT2D eigenvalue weighted by molar-refractivity contribution is 7.17. The molecule has 1 aliphatic heterocycles. The van der Waals surface area contributed by atoms with Crippen LogP contribution >= 0.6 is 11.3 Å². The molecule has 23 heavy (non-hydrogen) atoms. The van der Waals surface area contributed by atoms with Crippen molar-refractivity contribution in [1.29, 1.82) is 0 Å². The van der Waals surface area contributed by atoms with Crippen molar-refractivity contribution in [3.8, 4) is 10.6 Å². The van der Waals surface area contributed by atoms with Crippen molar-refractivity contribution >= 4 is 17.2 Å². The van der Waals surface area contributed by atoms with Crippen LogP contribution in [-0.2, 0) is 0 Å². The molecule has 1 aromatic carbocycles. The van der Waals surface area contributed by atoms with E-state index in [0.717, 1.165) is 49.0 Å². The molecule has 1 saturated heterocycles. The predicted molar refractivity (Wildman–Crippen MR) is 90.3 cm³/mol. The quantitative estimate of drug-likeness (QED) is 0.866. The molecule has 1 amide bonds. The summed E-state index contributed by atoms with van der Waals surface area (Å²) in [6.45, 7) is 8.39. The number of piperazine rings is 1. The van der Waals surface area contributed by atoms with Gasteiger partial charge in [-0.25, -0.2) is 9.37 Å². The van der Waals surface area contributed by atoms with Crippen molar-refractivity contribution < 1.29 is 9.18 Å². The van der Waals surface area contributed by atoms with Crippen molar-refractivity contribution in [3.05, 3.63) is 40.7 Å². The zero-order valence-corrected chi connectivity index (χ0v) is 14.2. The van der Waals surface area contributed by atoms with Crippen molar-refractivity contribution in [2.45, 2.75) is 13.8 Å². The highest BCUT2D eigenvalue weighted by Crippen LogP contribution is 2.29. The van der Waals surface area contributed by atoms with Crippen LogP contribution in [0.25, 0.3) is 10.6 Å². The van der Waals surface area contributed by atoms with E-state index >= 15 is 0 Å². The molecule has 1 fully saturated rings. The molecular formula is C17H20FN3OS. The van der Waals surface area contributed by atoms with Crippen molar-refractivity contribution in [3.63, 3.8) is 0 Å². The first-order valence-corrected chi connectivity index (χ1v) is 8.65. The van der Waals surface area contributed by atoms with Gasteiger partial charge in [-0.15, -0.1) is 11.3 Å². The molecule has 0 N–H and O–H groups in total. The second-order valence-electron chi connectivity index (χ2n) is 5.67. The van der Waals surface area contributed by atoms with E-state index in [9.17, 15) is 9.18 Å². The summed E-state index contributed by atoms with van der Waals surface area (Å²) in [7, 11) is 0. The van der Waals surface area contributed by atoms with Crippen LogP contribution in [0.4, 0.5) is 4.39 Å². The highest BCUT2D eigenvalue weighted by atomic mass is 32.1. The van der Waals surface area contributed by atoms with Crippen LogP contribution in [0.1, 0.15) is 22.3 Å². The normalized spacial score (nSPS) is 15.9. The monoisotopic (exact) mass is 333 g/mol. The summed E-state index contributed by atoms with van der Waals surface area (Å²) in [5.74, 6) is -0.212. The molecule has 6 heteroatoms. The average Bonchev–Trinajstić information content (AvgIpc) is 2.96. The summed E-state index contributed by atoms with van der Waals surface area (Å²) in [6, 6.07) is 6.22. The smallest absolute Gasteiger partial charge is 0.265 e. The number of likely N-dealkylation sites (N-methyl/N-ethyl adjacent to an activating group) is 1. The van der Waals surface area contributed by atoms with E-state index in [1.54, 1.807) is 12.1 Å². The van der Waals surface area contributed by atoms with Crippen LogP contribution in [-0.4, -0.2) is 53.4 Å². The first-order chi connectivity index (χ1) is 11.1. The molecule has 0 unspecified atom stereocenters. The Labute approximate surface area is 139 Å². The summed E-state index contributed by atoms with van der Waals surface area (Å²) < 4.78 is 13.0. The number of aromatic nitrogens is 1. The zero-order valence-electron chi connectivity index (χ0n) is 13.4. The Morgan fingerprint density at radius 3 is 2.48 bits per heavy atom. The molecule has 2 aromatic rings. The molecule has 0 radical (unpaired) electrons. The fourth-order valence-electron chi connectivity index (χ4n) is 2.72. The second kappa shape index (κ2) is 6.76. The van der Waals surface area contributed by atoms with Crippen LogP contribution in [0.2, 0.25) is 0 Å². The Hall–Kier alpha value is -1.79. The van der Waals surface area contributed by atoms with E-state index < -0.39 is 0 Å². The zero-order chi connectivity index (χ0) is 16.4. The molecule has 3 rings (SSSR count). The molecule has 0 atom stereocenters. The van der Waals surface area contributed by atoms with Crippen LogP contribution < -0.4 is 0 Å². The Balaban J connectivity index is 1.78. The Bertz CT molecular complexity index is 690. The summed E-state index contributed by atoms with van der Waals surface area (Å²) in [5.41, 5.74) is 1.59. The molecule has 4 nitrogen and oxygen atoms in total. The van der Waals surface area contributed by atoms with Gasteiger partial charge in [-0.1, -0.05) is 6.92 Å². The third-order valence-electron chi connectivity index (χ3n) is 4.19. The van der Waals surface area contributed by atoms with Crippen LogP contribution in [0.15, 0.2) is 24.3 Å². The summed E-state index contributed by atoms with van der Waals surface area (Å²) >= 11 is 1.39. The molecule has 0 saturated carbocycles. The van der Waals surface area contributed by atoms with Gasteiger partial charge >= 0.3 is 0 Å². The van der Waals surface area contributed by atoms with Gasteiger partial charge in [0.2, 0.25) is 0 Å².